The van der Waals surface area contributed by atoms with Crippen molar-refractivity contribution >= 4 is 46.4 Å². The second kappa shape index (κ2) is 10.7. The number of hydrogen-bond acceptors (Lipinski definition) is 4. The molecule has 6 nitrogen and oxygen atoms in total. The molecule has 0 saturated heterocycles. The van der Waals surface area contributed by atoms with Crippen molar-refractivity contribution in [1.29, 1.82) is 0 Å². The van der Waals surface area contributed by atoms with Gasteiger partial charge < -0.3 is 19.7 Å². The van der Waals surface area contributed by atoms with Crippen molar-refractivity contribution in [1.82, 2.24) is 10.2 Å². The Morgan fingerprint density at radius 3 is 2.24 bits per heavy atom. The normalized spacial score (nSPS) is 11.8. The average molecular weight is 543 g/mol. The molecule has 0 fully saturated rings. The van der Waals surface area contributed by atoms with Crippen LogP contribution in [0.25, 0.3) is 0 Å². The maximum absolute atomic E-state index is 13.8. The number of rotatable bonds is 6. The maximum atomic E-state index is 13.8. The number of carbonyl (C=O) groups is 2. The second-order valence-electron chi connectivity index (χ2n) is 8.56. The molecule has 1 aromatic carbocycles. The summed E-state index contributed by atoms with van der Waals surface area (Å²) in [6.45, 7) is 11.6. The van der Waals surface area contributed by atoms with Crippen molar-refractivity contribution in [3.8, 4) is 0 Å². The topological polar surface area (TPSA) is 67.9 Å². The zero-order chi connectivity index (χ0) is 22.4. The van der Waals surface area contributed by atoms with Crippen molar-refractivity contribution in [2.45, 2.75) is 65.7 Å². The van der Waals surface area contributed by atoms with E-state index in [0.717, 1.165) is 0 Å². The van der Waals surface area contributed by atoms with E-state index in [1.165, 1.54) is 11.0 Å². The molecule has 1 aromatic rings. The van der Waals surface area contributed by atoms with Crippen LogP contribution in [0.3, 0.4) is 0 Å². The van der Waals surface area contributed by atoms with Gasteiger partial charge in [0.1, 0.15) is 11.2 Å². The Labute approximate surface area is 190 Å². The average Bonchev–Trinajstić information content (AvgIpc) is 2.52. The highest BCUT2D eigenvalue weighted by molar-refractivity contribution is 14.1. The van der Waals surface area contributed by atoms with Crippen LogP contribution in [0.1, 0.15) is 53.5 Å². The fourth-order valence-electron chi connectivity index (χ4n) is 2.26. The van der Waals surface area contributed by atoms with Gasteiger partial charge in [0.15, 0.2) is 5.82 Å². The molecule has 0 atom stereocenters. The number of ether oxygens (including phenoxy) is 2. The molecule has 164 valence electrons. The number of hydrogen-bond donors (Lipinski definition) is 1. The van der Waals surface area contributed by atoms with Gasteiger partial charge >= 0.3 is 12.2 Å². The van der Waals surface area contributed by atoms with E-state index in [1.807, 2.05) is 22.6 Å². The lowest BCUT2D eigenvalue weighted by Gasteiger charge is -2.28. The SMILES string of the molecule is CC(C)(C)OC(=O)NCCCN(Cc1cc(Cl)c(F)c(I)c1)C(=O)OC(C)(C)C. The van der Waals surface area contributed by atoms with E-state index in [9.17, 15) is 14.0 Å². The molecule has 0 aromatic heterocycles. The van der Waals surface area contributed by atoms with Crippen molar-refractivity contribution in [3.63, 3.8) is 0 Å². The monoisotopic (exact) mass is 542 g/mol. The Hall–Kier alpha value is -1.29. The molecular formula is C20H29ClFIN2O4. The zero-order valence-electron chi connectivity index (χ0n) is 17.7. The maximum Gasteiger partial charge on any atom is 0.410 e. The summed E-state index contributed by atoms with van der Waals surface area (Å²) in [5.41, 5.74) is -0.545. The standard InChI is InChI=1S/C20H29ClFIN2O4/c1-19(2,3)28-17(26)24-8-7-9-25(18(27)29-20(4,5)6)12-13-10-14(21)16(22)15(23)11-13/h10-11H,7-9,12H2,1-6H3,(H,24,26). The number of nitrogens with zero attached hydrogens (tertiary/aromatic N) is 1. The minimum absolute atomic E-state index is 0.00244. The van der Waals surface area contributed by atoms with Crippen molar-refractivity contribution in [3.05, 3.63) is 32.1 Å². The summed E-state index contributed by atoms with van der Waals surface area (Å²) >= 11 is 7.79. The fraction of sp³-hybridized carbons (Fsp3) is 0.600. The smallest absolute Gasteiger partial charge is 0.410 e. The molecule has 0 spiro atoms. The van der Waals surface area contributed by atoms with E-state index >= 15 is 0 Å². The van der Waals surface area contributed by atoms with Crippen molar-refractivity contribution < 1.29 is 23.5 Å². The third kappa shape index (κ3) is 10.3. The first-order valence-corrected chi connectivity index (χ1v) is 10.7. The highest BCUT2D eigenvalue weighted by Gasteiger charge is 2.23. The summed E-state index contributed by atoms with van der Waals surface area (Å²) < 4.78 is 24.8. The first-order valence-electron chi connectivity index (χ1n) is 9.26. The first kappa shape index (κ1) is 25.7. The largest absolute Gasteiger partial charge is 0.444 e. The van der Waals surface area contributed by atoms with Gasteiger partial charge in [-0.1, -0.05) is 11.6 Å². The number of alkyl carbamates (subject to hydrolysis) is 1. The van der Waals surface area contributed by atoms with E-state index < -0.39 is 29.2 Å². The van der Waals surface area contributed by atoms with E-state index in [-0.39, 0.29) is 11.6 Å². The lowest BCUT2D eigenvalue weighted by atomic mass is 10.2. The lowest BCUT2D eigenvalue weighted by Crippen LogP contribution is -2.38. The van der Waals surface area contributed by atoms with Gasteiger partial charge in [-0.25, -0.2) is 14.0 Å². The molecule has 1 N–H and O–H groups in total. The molecule has 0 aliphatic carbocycles. The fourth-order valence-corrected chi connectivity index (χ4v) is 3.35. The van der Waals surface area contributed by atoms with Crippen LogP contribution in [0.15, 0.2) is 12.1 Å². The molecule has 2 amide bonds. The minimum Gasteiger partial charge on any atom is -0.444 e. The summed E-state index contributed by atoms with van der Waals surface area (Å²) in [6.07, 6.45) is -0.517. The predicted octanol–water partition coefficient (Wildman–Crippen LogP) is 5.74. The van der Waals surface area contributed by atoms with Crippen molar-refractivity contribution in [2.75, 3.05) is 13.1 Å². The lowest BCUT2D eigenvalue weighted by molar-refractivity contribution is 0.0231. The van der Waals surface area contributed by atoms with Gasteiger partial charge in [-0.15, -0.1) is 0 Å². The van der Waals surface area contributed by atoms with Gasteiger partial charge in [0.2, 0.25) is 0 Å². The molecule has 1 rings (SSSR count). The molecule has 0 unspecified atom stereocenters. The van der Waals surface area contributed by atoms with Gasteiger partial charge in [0, 0.05) is 19.6 Å². The van der Waals surface area contributed by atoms with Crippen LogP contribution < -0.4 is 5.32 Å². The van der Waals surface area contributed by atoms with Crippen LogP contribution in [0.5, 0.6) is 0 Å². The number of nitrogens with one attached hydrogen (secondary N) is 1. The van der Waals surface area contributed by atoms with Gasteiger partial charge in [0.25, 0.3) is 0 Å². The zero-order valence-corrected chi connectivity index (χ0v) is 20.6. The Bertz CT molecular complexity index is 709. The summed E-state index contributed by atoms with van der Waals surface area (Å²) in [7, 11) is 0. The first-order chi connectivity index (χ1) is 13.2. The van der Waals surface area contributed by atoms with Crippen LogP contribution >= 0.6 is 34.2 Å². The van der Waals surface area contributed by atoms with Gasteiger partial charge in [-0.2, -0.15) is 0 Å². The van der Waals surface area contributed by atoms with Crippen LogP contribution in [-0.2, 0) is 16.0 Å². The Morgan fingerprint density at radius 1 is 1.14 bits per heavy atom. The number of benzene rings is 1. The molecule has 0 bridgehead atoms. The van der Waals surface area contributed by atoms with Gasteiger partial charge in [-0.05, 0) is 88.3 Å². The van der Waals surface area contributed by atoms with Crippen molar-refractivity contribution in [2.24, 2.45) is 0 Å². The Morgan fingerprint density at radius 2 is 1.72 bits per heavy atom. The number of halogens is 3. The van der Waals surface area contributed by atoms with Gasteiger partial charge in [-0.3, -0.25) is 0 Å². The third-order valence-electron chi connectivity index (χ3n) is 3.34. The molecule has 0 aliphatic rings. The van der Waals surface area contributed by atoms with Gasteiger partial charge in [0.05, 0.1) is 8.59 Å². The summed E-state index contributed by atoms with van der Waals surface area (Å²) in [5, 5.41) is 2.66. The van der Waals surface area contributed by atoms with Crippen LogP contribution in [-0.4, -0.2) is 41.4 Å². The van der Waals surface area contributed by atoms with Crippen LogP contribution in [0.4, 0.5) is 14.0 Å². The molecule has 0 heterocycles. The molecule has 0 radical (unpaired) electrons. The number of amides is 2. The molecule has 29 heavy (non-hydrogen) atoms. The predicted molar refractivity (Wildman–Crippen MR) is 120 cm³/mol. The summed E-state index contributed by atoms with van der Waals surface area (Å²) in [4.78, 5) is 25.8. The molecule has 9 heteroatoms. The summed E-state index contributed by atoms with van der Waals surface area (Å²) in [5.74, 6) is -0.485. The van der Waals surface area contributed by atoms with Crippen LogP contribution in [0, 0.1) is 9.39 Å². The third-order valence-corrected chi connectivity index (χ3v) is 4.40. The minimum atomic E-state index is -0.654. The van der Waals surface area contributed by atoms with E-state index in [1.54, 1.807) is 47.6 Å². The van der Waals surface area contributed by atoms with E-state index in [4.69, 9.17) is 21.1 Å². The summed E-state index contributed by atoms with van der Waals surface area (Å²) in [6, 6.07) is 3.13. The Kier molecular flexibility index (Phi) is 9.46. The second-order valence-corrected chi connectivity index (χ2v) is 10.1. The van der Waals surface area contributed by atoms with E-state index in [2.05, 4.69) is 5.32 Å². The highest BCUT2D eigenvalue weighted by Crippen LogP contribution is 2.23. The number of carbonyl (C=O) groups excluding carboxylic acids is 2. The van der Waals surface area contributed by atoms with E-state index in [0.29, 0.717) is 28.6 Å². The molecule has 0 saturated carbocycles. The van der Waals surface area contributed by atoms with Crippen LogP contribution in [0.2, 0.25) is 5.02 Å². The molecular weight excluding hydrogens is 514 g/mol. The quantitative estimate of drug-likeness (QED) is 0.283. The highest BCUT2D eigenvalue weighted by atomic mass is 127. The Balaban J connectivity index is 2.77. The molecule has 0 aliphatic heterocycles.